The van der Waals surface area contributed by atoms with Gasteiger partial charge in [-0.2, -0.15) is 0 Å². The predicted octanol–water partition coefficient (Wildman–Crippen LogP) is 1.88. The molecule has 0 radical (unpaired) electrons. The van der Waals surface area contributed by atoms with Crippen molar-refractivity contribution in [2.24, 2.45) is 0 Å². The summed E-state index contributed by atoms with van der Waals surface area (Å²) in [4.78, 5) is 27.2. The van der Waals surface area contributed by atoms with Crippen molar-refractivity contribution in [2.75, 3.05) is 26.2 Å². The molecule has 0 spiro atoms. The molecule has 0 aliphatic carbocycles. The highest BCUT2D eigenvalue weighted by Gasteiger charge is 2.23. The normalized spacial score (nSPS) is 14.8. The van der Waals surface area contributed by atoms with E-state index in [0.29, 0.717) is 37.6 Å². The number of carbonyl (C=O) groups is 2. The van der Waals surface area contributed by atoms with Crippen LogP contribution in [0, 0.1) is 6.92 Å². The lowest BCUT2D eigenvalue weighted by molar-refractivity contribution is -0.138. The molecular formula is C18H21N3O3. The van der Waals surface area contributed by atoms with Crippen molar-refractivity contribution in [3.05, 3.63) is 41.6 Å². The minimum Gasteiger partial charge on any atom is -0.356 e. The van der Waals surface area contributed by atoms with Crippen LogP contribution in [0.3, 0.4) is 0 Å². The number of hydrogen-bond acceptors (Lipinski definition) is 4. The van der Waals surface area contributed by atoms with Crippen molar-refractivity contribution in [2.45, 2.75) is 20.3 Å². The summed E-state index contributed by atoms with van der Waals surface area (Å²) in [6.45, 7) is 5.91. The van der Waals surface area contributed by atoms with Crippen LogP contribution in [0.5, 0.6) is 0 Å². The zero-order valence-corrected chi connectivity index (χ0v) is 14.0. The summed E-state index contributed by atoms with van der Waals surface area (Å²) >= 11 is 0. The highest BCUT2D eigenvalue weighted by molar-refractivity contribution is 5.79. The Labute approximate surface area is 141 Å². The van der Waals surface area contributed by atoms with Crippen molar-refractivity contribution in [3.8, 4) is 11.3 Å². The molecule has 0 atom stereocenters. The van der Waals surface area contributed by atoms with Gasteiger partial charge in [0.1, 0.15) is 0 Å². The Morgan fingerprint density at radius 1 is 1.08 bits per heavy atom. The lowest BCUT2D eigenvalue weighted by Crippen LogP contribution is -2.50. The third-order valence-corrected chi connectivity index (χ3v) is 4.31. The van der Waals surface area contributed by atoms with Gasteiger partial charge in [-0.25, -0.2) is 0 Å². The molecule has 2 amide bonds. The first-order valence-corrected chi connectivity index (χ1v) is 8.09. The summed E-state index contributed by atoms with van der Waals surface area (Å²) in [5.41, 5.74) is 2.75. The van der Waals surface area contributed by atoms with Gasteiger partial charge in [0.15, 0.2) is 5.76 Å². The van der Waals surface area contributed by atoms with E-state index in [1.165, 1.54) is 5.56 Å². The number of rotatable bonds is 3. The van der Waals surface area contributed by atoms with Gasteiger partial charge in [0, 0.05) is 44.7 Å². The molecule has 6 nitrogen and oxygen atoms in total. The highest BCUT2D eigenvalue weighted by Crippen LogP contribution is 2.21. The van der Waals surface area contributed by atoms with Gasteiger partial charge in [-0.15, -0.1) is 0 Å². The second-order valence-electron chi connectivity index (χ2n) is 6.11. The summed E-state index contributed by atoms with van der Waals surface area (Å²) in [5.74, 6) is 0.738. The van der Waals surface area contributed by atoms with Gasteiger partial charge in [0.05, 0.1) is 12.1 Å². The topological polar surface area (TPSA) is 66.7 Å². The van der Waals surface area contributed by atoms with Gasteiger partial charge < -0.3 is 14.3 Å². The molecule has 1 aliphatic rings. The van der Waals surface area contributed by atoms with E-state index in [9.17, 15) is 9.59 Å². The number of aromatic nitrogens is 1. The minimum absolute atomic E-state index is 0.0157. The van der Waals surface area contributed by atoms with E-state index in [0.717, 1.165) is 5.56 Å². The predicted molar refractivity (Wildman–Crippen MR) is 89.2 cm³/mol. The molecule has 0 saturated carbocycles. The number of hydrogen-bond donors (Lipinski definition) is 0. The molecule has 1 aromatic carbocycles. The lowest BCUT2D eigenvalue weighted by atomic mass is 10.1. The quantitative estimate of drug-likeness (QED) is 0.863. The fourth-order valence-electron chi connectivity index (χ4n) is 2.79. The summed E-state index contributed by atoms with van der Waals surface area (Å²) in [6.07, 6.45) is 0.218. The molecule has 3 rings (SSSR count). The largest absolute Gasteiger partial charge is 0.356 e. The zero-order valence-electron chi connectivity index (χ0n) is 14.0. The third-order valence-electron chi connectivity index (χ3n) is 4.31. The summed E-state index contributed by atoms with van der Waals surface area (Å²) in [6, 6.07) is 9.79. The Balaban J connectivity index is 1.59. The van der Waals surface area contributed by atoms with Gasteiger partial charge in [0.25, 0.3) is 0 Å². The Kier molecular flexibility index (Phi) is 4.64. The average molecular weight is 327 g/mol. The van der Waals surface area contributed by atoms with E-state index >= 15 is 0 Å². The number of piperazine rings is 1. The molecule has 0 bridgehead atoms. The standard InChI is InChI=1S/C18H21N3O3/c1-13-3-5-15(6-4-13)17-11-16(19-24-17)12-18(23)21-9-7-20(8-10-21)14(2)22/h3-6,11H,7-10,12H2,1-2H3. The average Bonchev–Trinajstić information content (AvgIpc) is 3.04. The molecule has 24 heavy (non-hydrogen) atoms. The van der Waals surface area contributed by atoms with Crippen molar-refractivity contribution >= 4 is 11.8 Å². The molecule has 2 aromatic rings. The van der Waals surface area contributed by atoms with Crippen LogP contribution < -0.4 is 0 Å². The van der Waals surface area contributed by atoms with Gasteiger partial charge in [0.2, 0.25) is 11.8 Å². The number of nitrogens with zero attached hydrogens (tertiary/aromatic N) is 3. The Morgan fingerprint density at radius 2 is 1.71 bits per heavy atom. The number of benzene rings is 1. The monoisotopic (exact) mass is 327 g/mol. The van der Waals surface area contributed by atoms with Gasteiger partial charge in [-0.05, 0) is 6.92 Å². The van der Waals surface area contributed by atoms with Crippen LogP contribution in [0.25, 0.3) is 11.3 Å². The van der Waals surface area contributed by atoms with Crippen LogP contribution in [-0.2, 0) is 16.0 Å². The van der Waals surface area contributed by atoms with Crippen LogP contribution in [-0.4, -0.2) is 52.9 Å². The Hall–Kier alpha value is -2.63. The van der Waals surface area contributed by atoms with Crippen LogP contribution >= 0.6 is 0 Å². The number of amides is 2. The van der Waals surface area contributed by atoms with E-state index in [1.54, 1.807) is 16.7 Å². The maximum Gasteiger partial charge on any atom is 0.228 e. The maximum absolute atomic E-state index is 12.4. The molecule has 126 valence electrons. The van der Waals surface area contributed by atoms with Gasteiger partial charge >= 0.3 is 0 Å². The van der Waals surface area contributed by atoms with Crippen molar-refractivity contribution in [1.29, 1.82) is 0 Å². The lowest BCUT2D eigenvalue weighted by Gasteiger charge is -2.34. The van der Waals surface area contributed by atoms with Gasteiger partial charge in [-0.3, -0.25) is 9.59 Å². The minimum atomic E-state index is 0.0157. The highest BCUT2D eigenvalue weighted by atomic mass is 16.5. The zero-order chi connectivity index (χ0) is 17.1. The molecule has 0 N–H and O–H groups in total. The van der Waals surface area contributed by atoms with Crippen LogP contribution in [0.15, 0.2) is 34.9 Å². The van der Waals surface area contributed by atoms with E-state index in [-0.39, 0.29) is 18.2 Å². The van der Waals surface area contributed by atoms with Crippen molar-refractivity contribution in [3.63, 3.8) is 0 Å². The fraction of sp³-hybridized carbons (Fsp3) is 0.389. The molecule has 2 heterocycles. The smallest absolute Gasteiger partial charge is 0.228 e. The SMILES string of the molecule is CC(=O)N1CCN(C(=O)Cc2cc(-c3ccc(C)cc3)on2)CC1. The molecule has 1 aromatic heterocycles. The van der Waals surface area contributed by atoms with Crippen molar-refractivity contribution in [1.82, 2.24) is 15.0 Å². The van der Waals surface area contributed by atoms with E-state index in [4.69, 9.17) is 4.52 Å². The first-order chi connectivity index (χ1) is 11.5. The molecule has 6 heteroatoms. The molecule has 0 unspecified atom stereocenters. The van der Waals surface area contributed by atoms with Crippen LogP contribution in [0.1, 0.15) is 18.2 Å². The van der Waals surface area contributed by atoms with Crippen LogP contribution in [0.4, 0.5) is 0 Å². The Morgan fingerprint density at radius 3 is 2.33 bits per heavy atom. The number of carbonyl (C=O) groups excluding carboxylic acids is 2. The fourth-order valence-corrected chi connectivity index (χ4v) is 2.79. The molecule has 1 saturated heterocycles. The van der Waals surface area contributed by atoms with E-state index < -0.39 is 0 Å². The number of aryl methyl sites for hydroxylation is 1. The molecule has 1 aliphatic heterocycles. The Bertz CT molecular complexity index is 728. The maximum atomic E-state index is 12.4. The second kappa shape index (κ2) is 6.86. The summed E-state index contributed by atoms with van der Waals surface area (Å²) in [7, 11) is 0. The first kappa shape index (κ1) is 16.2. The molecule has 1 fully saturated rings. The van der Waals surface area contributed by atoms with Crippen molar-refractivity contribution < 1.29 is 14.1 Å². The van der Waals surface area contributed by atoms with Gasteiger partial charge in [-0.1, -0.05) is 35.0 Å². The summed E-state index contributed by atoms with van der Waals surface area (Å²) in [5, 5.41) is 4.01. The van der Waals surface area contributed by atoms with E-state index in [1.807, 2.05) is 37.3 Å². The molecular weight excluding hydrogens is 306 g/mol. The van der Waals surface area contributed by atoms with E-state index in [2.05, 4.69) is 5.16 Å². The third kappa shape index (κ3) is 3.64. The second-order valence-corrected chi connectivity index (χ2v) is 6.11. The first-order valence-electron chi connectivity index (χ1n) is 8.09. The summed E-state index contributed by atoms with van der Waals surface area (Å²) < 4.78 is 5.35. The van der Waals surface area contributed by atoms with Crippen LogP contribution in [0.2, 0.25) is 0 Å².